The fraction of sp³-hybridized carbons (Fsp3) is 0. The van der Waals surface area contributed by atoms with Crippen molar-refractivity contribution >= 4 is 67.0 Å². The molecular weight excluding hydrogens is 781 g/mol. The van der Waals surface area contributed by atoms with Gasteiger partial charge in [0.25, 0.3) is 0 Å². The van der Waals surface area contributed by atoms with E-state index >= 15 is 0 Å². The molecule has 3 heteroatoms. The maximum atomic E-state index is 2.38. The van der Waals surface area contributed by atoms with E-state index in [1.54, 1.807) is 0 Å². The Labute approximate surface area is 372 Å². The summed E-state index contributed by atoms with van der Waals surface area (Å²) in [7, 11) is 0. The molecule has 0 saturated heterocycles. The van der Waals surface area contributed by atoms with E-state index in [0.29, 0.717) is 0 Å². The molecule has 1 heterocycles. The first-order valence-electron chi connectivity index (χ1n) is 21.4. The van der Waals surface area contributed by atoms with Gasteiger partial charge in [-0.15, -0.1) is 11.3 Å². The van der Waals surface area contributed by atoms with Gasteiger partial charge in [0.05, 0.1) is 11.4 Å². The molecule has 11 aromatic rings. The first-order valence-corrected chi connectivity index (χ1v) is 22.2. The fourth-order valence-electron chi connectivity index (χ4n) is 8.73. The van der Waals surface area contributed by atoms with Gasteiger partial charge in [0.1, 0.15) is 0 Å². The van der Waals surface area contributed by atoms with E-state index in [2.05, 4.69) is 265 Å². The van der Waals surface area contributed by atoms with Gasteiger partial charge in [-0.3, -0.25) is 0 Å². The van der Waals surface area contributed by atoms with Crippen molar-refractivity contribution in [3.05, 3.63) is 255 Å². The van der Waals surface area contributed by atoms with Gasteiger partial charge in [-0.1, -0.05) is 182 Å². The third-order valence-corrected chi connectivity index (χ3v) is 13.1. The van der Waals surface area contributed by atoms with E-state index in [1.165, 1.54) is 64.7 Å². The average Bonchev–Trinajstić information content (AvgIpc) is 3.86. The largest absolute Gasteiger partial charge is 0.310 e. The van der Waals surface area contributed by atoms with Crippen LogP contribution in [0.25, 0.3) is 64.7 Å². The zero-order valence-corrected chi connectivity index (χ0v) is 35.4. The molecule has 0 saturated carbocycles. The van der Waals surface area contributed by atoms with Crippen LogP contribution in [0.4, 0.5) is 34.1 Å². The number of hydrogen-bond donors (Lipinski definition) is 0. The molecule has 0 spiro atoms. The average molecular weight is 823 g/mol. The van der Waals surface area contributed by atoms with Crippen molar-refractivity contribution in [3.63, 3.8) is 0 Å². The predicted molar refractivity (Wildman–Crippen MR) is 270 cm³/mol. The number of rotatable bonds is 10. The molecule has 0 aliphatic rings. The molecule has 0 N–H and O–H groups in total. The number of nitrogens with zero attached hydrogens (tertiary/aromatic N) is 2. The number of benzene rings is 10. The van der Waals surface area contributed by atoms with E-state index in [0.717, 1.165) is 34.1 Å². The van der Waals surface area contributed by atoms with Crippen molar-refractivity contribution in [2.75, 3.05) is 9.80 Å². The number of anilines is 6. The fourth-order valence-corrected chi connectivity index (χ4v) is 9.74. The highest BCUT2D eigenvalue weighted by molar-refractivity contribution is 7.18. The van der Waals surface area contributed by atoms with E-state index in [4.69, 9.17) is 0 Å². The molecule has 0 aliphatic heterocycles. The number of thiophene rings is 1. The van der Waals surface area contributed by atoms with E-state index in [1.807, 2.05) is 11.3 Å². The Morgan fingerprint density at radius 1 is 0.222 bits per heavy atom. The first-order chi connectivity index (χ1) is 31.2. The summed E-state index contributed by atoms with van der Waals surface area (Å²) in [4.78, 5) is 7.23. The SMILES string of the molecule is c1ccc(-c2ccc(N(c3ccc(-c4ccc(-c5ccc(N(c6ccc(-c7ccccc7)cc6)c6cccc7ccccc67)cc5)s4)cc3)c3cccc4ccccc34)cc2)cc1. The minimum absolute atomic E-state index is 1.11. The molecule has 0 radical (unpaired) electrons. The van der Waals surface area contributed by atoms with Gasteiger partial charge < -0.3 is 9.80 Å². The van der Waals surface area contributed by atoms with Crippen LogP contribution in [-0.2, 0) is 0 Å². The van der Waals surface area contributed by atoms with Crippen LogP contribution >= 0.6 is 11.3 Å². The molecule has 0 bridgehead atoms. The van der Waals surface area contributed by atoms with Gasteiger partial charge in [0.15, 0.2) is 0 Å². The Bertz CT molecular complexity index is 3070. The molecule has 298 valence electrons. The molecule has 11 rings (SSSR count). The molecule has 0 aliphatic carbocycles. The van der Waals surface area contributed by atoms with Crippen LogP contribution in [0.2, 0.25) is 0 Å². The quantitative estimate of drug-likeness (QED) is 0.136. The minimum atomic E-state index is 1.11. The smallest absolute Gasteiger partial charge is 0.0540 e. The second kappa shape index (κ2) is 16.8. The maximum Gasteiger partial charge on any atom is 0.0540 e. The lowest BCUT2D eigenvalue weighted by Gasteiger charge is -2.27. The van der Waals surface area contributed by atoms with Crippen molar-refractivity contribution in [2.24, 2.45) is 0 Å². The topological polar surface area (TPSA) is 6.48 Å². The summed E-state index contributed by atoms with van der Waals surface area (Å²) >= 11 is 1.83. The highest BCUT2D eigenvalue weighted by Gasteiger charge is 2.18. The van der Waals surface area contributed by atoms with Gasteiger partial charge in [0.2, 0.25) is 0 Å². The molecular formula is C60H42N2S. The van der Waals surface area contributed by atoms with E-state index in [-0.39, 0.29) is 0 Å². The van der Waals surface area contributed by atoms with Crippen LogP contribution in [0.1, 0.15) is 0 Å². The lowest BCUT2D eigenvalue weighted by Crippen LogP contribution is -2.10. The molecule has 0 amide bonds. The van der Waals surface area contributed by atoms with Gasteiger partial charge in [0, 0.05) is 43.3 Å². The zero-order valence-electron chi connectivity index (χ0n) is 34.6. The minimum Gasteiger partial charge on any atom is -0.310 e. The zero-order chi connectivity index (χ0) is 42.0. The molecule has 63 heavy (non-hydrogen) atoms. The summed E-state index contributed by atoms with van der Waals surface area (Å²) < 4.78 is 0. The second-order valence-corrected chi connectivity index (χ2v) is 16.8. The van der Waals surface area contributed by atoms with Crippen molar-refractivity contribution in [3.8, 4) is 43.1 Å². The van der Waals surface area contributed by atoms with E-state index in [9.17, 15) is 0 Å². The number of fused-ring (bicyclic) bond motifs is 2. The highest BCUT2D eigenvalue weighted by Crippen LogP contribution is 2.43. The summed E-state index contributed by atoms with van der Waals surface area (Å²) in [5, 5.41) is 4.86. The molecule has 2 nitrogen and oxygen atoms in total. The molecule has 0 atom stereocenters. The summed E-state index contributed by atoms with van der Waals surface area (Å²) in [5.41, 5.74) is 14.0. The second-order valence-electron chi connectivity index (χ2n) is 15.8. The standard InChI is InChI=1S/C60H42N2S/c1-3-13-43(14-4-1)45-25-33-51(34-26-45)61(57-23-11-19-47-17-7-9-21-55(47)57)53-37-29-49(30-38-53)59-41-42-60(63-59)50-31-39-54(40-32-50)62(58-24-12-20-48-18-8-10-22-56(48)58)52-35-27-46(28-36-52)44-15-5-2-6-16-44/h1-42H. The van der Waals surface area contributed by atoms with Crippen LogP contribution < -0.4 is 9.80 Å². The predicted octanol–water partition coefficient (Wildman–Crippen LogP) is 17.7. The van der Waals surface area contributed by atoms with Crippen LogP contribution in [0.3, 0.4) is 0 Å². The normalized spacial score (nSPS) is 11.2. The maximum absolute atomic E-state index is 2.38. The summed E-state index contributed by atoms with van der Waals surface area (Å²) in [6, 6.07) is 91.9. The lowest BCUT2D eigenvalue weighted by atomic mass is 10.0. The van der Waals surface area contributed by atoms with Crippen molar-refractivity contribution in [1.82, 2.24) is 0 Å². The molecule has 10 aromatic carbocycles. The summed E-state index contributed by atoms with van der Waals surface area (Å²) in [6.07, 6.45) is 0. The Kier molecular flexibility index (Phi) is 10.1. The Hall–Kier alpha value is -7.98. The highest BCUT2D eigenvalue weighted by atomic mass is 32.1. The number of hydrogen-bond acceptors (Lipinski definition) is 3. The van der Waals surface area contributed by atoms with Crippen LogP contribution in [0.15, 0.2) is 255 Å². The van der Waals surface area contributed by atoms with Gasteiger partial charge in [-0.05, 0) is 117 Å². The Morgan fingerprint density at radius 2 is 0.524 bits per heavy atom. The third kappa shape index (κ3) is 7.56. The Morgan fingerprint density at radius 3 is 0.905 bits per heavy atom. The Balaban J connectivity index is 0.899. The first kappa shape index (κ1) is 38.0. The summed E-state index contributed by atoms with van der Waals surface area (Å²) in [6.45, 7) is 0. The molecule has 1 aromatic heterocycles. The monoisotopic (exact) mass is 822 g/mol. The van der Waals surface area contributed by atoms with Crippen molar-refractivity contribution < 1.29 is 0 Å². The van der Waals surface area contributed by atoms with Gasteiger partial charge in [-0.2, -0.15) is 0 Å². The lowest BCUT2D eigenvalue weighted by molar-refractivity contribution is 1.30. The van der Waals surface area contributed by atoms with Gasteiger partial charge in [-0.25, -0.2) is 0 Å². The van der Waals surface area contributed by atoms with Crippen LogP contribution in [-0.4, -0.2) is 0 Å². The van der Waals surface area contributed by atoms with E-state index < -0.39 is 0 Å². The molecule has 0 fully saturated rings. The third-order valence-electron chi connectivity index (χ3n) is 11.9. The van der Waals surface area contributed by atoms with Crippen LogP contribution in [0.5, 0.6) is 0 Å². The van der Waals surface area contributed by atoms with Crippen molar-refractivity contribution in [1.29, 1.82) is 0 Å². The van der Waals surface area contributed by atoms with Crippen LogP contribution in [0, 0.1) is 0 Å². The van der Waals surface area contributed by atoms with Crippen molar-refractivity contribution in [2.45, 2.75) is 0 Å². The molecule has 0 unspecified atom stereocenters. The van der Waals surface area contributed by atoms with Gasteiger partial charge >= 0.3 is 0 Å². The summed E-state index contributed by atoms with van der Waals surface area (Å²) in [5.74, 6) is 0.